The van der Waals surface area contributed by atoms with E-state index < -0.39 is 0 Å². The first-order chi connectivity index (χ1) is 14.1. The Balaban J connectivity index is 2.01. The minimum absolute atomic E-state index is 0.344. The predicted octanol–water partition coefficient (Wildman–Crippen LogP) is 7.03. The van der Waals surface area contributed by atoms with E-state index in [1.54, 1.807) is 17.4 Å². The number of hydrogen-bond acceptors (Lipinski definition) is 4. The number of thiocarbonyl (C=S) groups is 1. The van der Waals surface area contributed by atoms with Crippen LogP contribution in [0.1, 0.15) is 32.0 Å². The van der Waals surface area contributed by atoms with Crippen molar-refractivity contribution in [1.82, 2.24) is 14.7 Å². The standard InChI is InChI=1S/C21H19BrCl2N4S2/c1-5-12-17(19-25-20(29)21(2,3)27(19)4)26-28(14-7-6-11(23)10-13(14)24)18(12)15-8-9-16(22)30-15/h6-10H,5H2,1-4H3. The molecule has 9 heteroatoms. The molecule has 30 heavy (non-hydrogen) atoms. The Kier molecular flexibility index (Phi) is 5.87. The number of hydrogen-bond donors (Lipinski definition) is 0. The van der Waals surface area contributed by atoms with Gasteiger partial charge in [0, 0.05) is 17.6 Å². The van der Waals surface area contributed by atoms with E-state index in [0.717, 1.165) is 43.6 Å². The molecule has 4 nitrogen and oxygen atoms in total. The maximum Gasteiger partial charge on any atom is 0.158 e. The van der Waals surface area contributed by atoms with E-state index >= 15 is 0 Å². The third kappa shape index (κ3) is 3.54. The van der Waals surface area contributed by atoms with Gasteiger partial charge in [-0.15, -0.1) is 11.3 Å². The van der Waals surface area contributed by atoms with Crippen LogP contribution in [0.3, 0.4) is 0 Å². The second-order valence-electron chi connectivity index (χ2n) is 7.50. The number of rotatable bonds is 4. The number of amidine groups is 1. The van der Waals surface area contributed by atoms with Crippen molar-refractivity contribution in [2.45, 2.75) is 32.7 Å². The molecule has 0 radical (unpaired) electrons. The van der Waals surface area contributed by atoms with E-state index in [1.807, 2.05) is 29.9 Å². The molecule has 0 saturated heterocycles. The molecule has 3 heterocycles. The molecule has 0 atom stereocenters. The first kappa shape index (κ1) is 22.0. The van der Waals surface area contributed by atoms with Gasteiger partial charge in [-0.25, -0.2) is 9.67 Å². The zero-order valence-electron chi connectivity index (χ0n) is 16.8. The van der Waals surface area contributed by atoms with Gasteiger partial charge >= 0.3 is 0 Å². The Morgan fingerprint density at radius 2 is 1.93 bits per heavy atom. The topological polar surface area (TPSA) is 33.4 Å². The summed E-state index contributed by atoms with van der Waals surface area (Å²) >= 11 is 23.5. The number of aromatic nitrogens is 2. The van der Waals surface area contributed by atoms with Crippen LogP contribution in [0, 0.1) is 0 Å². The number of thiophene rings is 1. The summed E-state index contributed by atoms with van der Waals surface area (Å²) in [5.41, 5.74) is 3.34. The molecule has 0 N–H and O–H groups in total. The summed E-state index contributed by atoms with van der Waals surface area (Å²) in [6.07, 6.45) is 0.783. The summed E-state index contributed by atoms with van der Waals surface area (Å²) in [6.45, 7) is 6.27. The third-order valence-corrected chi connectivity index (χ3v) is 8.14. The van der Waals surface area contributed by atoms with Crippen LogP contribution in [-0.2, 0) is 6.42 Å². The molecule has 1 aromatic carbocycles. The van der Waals surface area contributed by atoms with Crippen LogP contribution in [0.5, 0.6) is 0 Å². The minimum Gasteiger partial charge on any atom is -0.346 e. The molecular weight excluding hydrogens is 523 g/mol. The zero-order chi connectivity index (χ0) is 21.8. The largest absolute Gasteiger partial charge is 0.346 e. The average molecular weight is 542 g/mol. The lowest BCUT2D eigenvalue weighted by atomic mass is 10.0. The van der Waals surface area contributed by atoms with Crippen LogP contribution in [0.4, 0.5) is 0 Å². The molecule has 3 aromatic rings. The molecule has 1 aliphatic rings. The summed E-state index contributed by atoms with van der Waals surface area (Å²) in [5, 5.41) is 6.13. The van der Waals surface area contributed by atoms with E-state index in [-0.39, 0.29) is 5.54 Å². The van der Waals surface area contributed by atoms with Gasteiger partial charge in [-0.05, 0) is 66.5 Å². The molecule has 1 aliphatic heterocycles. The first-order valence-corrected chi connectivity index (χ1v) is 12.1. The van der Waals surface area contributed by atoms with Gasteiger partial charge in [0.15, 0.2) is 5.84 Å². The minimum atomic E-state index is -0.344. The zero-order valence-corrected chi connectivity index (χ0v) is 21.6. The molecule has 2 aromatic heterocycles. The molecule has 0 bridgehead atoms. The Morgan fingerprint density at radius 3 is 2.47 bits per heavy atom. The number of nitrogens with zero attached hydrogens (tertiary/aromatic N) is 4. The van der Waals surface area contributed by atoms with Crippen LogP contribution in [-0.4, -0.2) is 38.1 Å². The van der Waals surface area contributed by atoms with Crippen LogP contribution in [0.25, 0.3) is 16.3 Å². The lowest BCUT2D eigenvalue weighted by Crippen LogP contribution is -2.44. The Labute approximate surface area is 203 Å². The fourth-order valence-corrected chi connectivity index (χ4v) is 5.57. The molecule has 156 valence electrons. The molecule has 4 rings (SSSR count). The van der Waals surface area contributed by atoms with Crippen molar-refractivity contribution in [1.29, 1.82) is 0 Å². The van der Waals surface area contributed by atoms with Gasteiger partial charge in [0.1, 0.15) is 10.7 Å². The van der Waals surface area contributed by atoms with Crippen molar-refractivity contribution in [3.8, 4) is 16.3 Å². The quantitative estimate of drug-likeness (QED) is 0.332. The Hall–Kier alpha value is -1.25. The maximum atomic E-state index is 6.58. The van der Waals surface area contributed by atoms with E-state index in [0.29, 0.717) is 15.0 Å². The van der Waals surface area contributed by atoms with Crippen molar-refractivity contribution in [2.24, 2.45) is 4.99 Å². The van der Waals surface area contributed by atoms with Crippen molar-refractivity contribution < 1.29 is 0 Å². The highest BCUT2D eigenvalue weighted by Gasteiger charge is 2.40. The summed E-state index contributed by atoms with van der Waals surface area (Å²) in [5.74, 6) is 0.780. The van der Waals surface area contributed by atoms with Gasteiger partial charge in [0.05, 0.1) is 30.6 Å². The second-order valence-corrected chi connectivity index (χ2v) is 11.2. The molecule has 0 unspecified atom stereocenters. The first-order valence-electron chi connectivity index (χ1n) is 9.35. The molecule has 0 amide bonds. The summed E-state index contributed by atoms with van der Waals surface area (Å²) in [4.78, 5) is 8.56. The average Bonchev–Trinajstić information content (AvgIpc) is 3.32. The van der Waals surface area contributed by atoms with Crippen LogP contribution >= 0.6 is 62.7 Å². The predicted molar refractivity (Wildman–Crippen MR) is 135 cm³/mol. The highest BCUT2D eigenvalue weighted by Crippen LogP contribution is 2.39. The smallest absolute Gasteiger partial charge is 0.158 e. The molecule has 0 aliphatic carbocycles. The number of benzene rings is 1. The van der Waals surface area contributed by atoms with Gasteiger partial charge in [0.2, 0.25) is 0 Å². The van der Waals surface area contributed by atoms with Crippen molar-refractivity contribution in [2.75, 3.05) is 7.05 Å². The third-order valence-electron chi connectivity index (χ3n) is 5.38. The molecule has 0 saturated carbocycles. The summed E-state index contributed by atoms with van der Waals surface area (Å²) in [6, 6.07) is 9.57. The highest BCUT2D eigenvalue weighted by atomic mass is 79.9. The molecule has 0 spiro atoms. The highest BCUT2D eigenvalue weighted by molar-refractivity contribution is 9.11. The van der Waals surface area contributed by atoms with Crippen LogP contribution in [0.2, 0.25) is 10.0 Å². The Morgan fingerprint density at radius 1 is 1.20 bits per heavy atom. The van der Waals surface area contributed by atoms with E-state index in [9.17, 15) is 0 Å². The SMILES string of the molecule is CCc1c(C2=NC(=S)C(C)(C)N2C)nn(-c2ccc(Cl)cc2Cl)c1-c1ccc(Br)s1. The number of likely N-dealkylation sites (N-methyl/N-ethyl adjacent to an activating group) is 1. The van der Waals surface area contributed by atoms with Crippen molar-refractivity contribution >= 4 is 73.5 Å². The Bertz CT molecular complexity index is 1200. The van der Waals surface area contributed by atoms with E-state index in [1.165, 1.54) is 0 Å². The number of halogens is 3. The molecular formula is C21H19BrCl2N4S2. The van der Waals surface area contributed by atoms with Crippen LogP contribution in [0.15, 0.2) is 39.1 Å². The summed E-state index contributed by atoms with van der Waals surface area (Å²) < 4.78 is 2.95. The normalized spacial score (nSPS) is 15.8. The van der Waals surface area contributed by atoms with Crippen molar-refractivity contribution in [3.63, 3.8) is 0 Å². The second kappa shape index (κ2) is 8.02. The monoisotopic (exact) mass is 540 g/mol. The fraction of sp³-hybridized carbons (Fsp3) is 0.286. The van der Waals surface area contributed by atoms with Gasteiger partial charge in [-0.1, -0.05) is 42.3 Å². The van der Waals surface area contributed by atoms with E-state index in [2.05, 4.69) is 47.7 Å². The maximum absolute atomic E-state index is 6.58. The van der Waals surface area contributed by atoms with Gasteiger partial charge in [0.25, 0.3) is 0 Å². The lowest BCUT2D eigenvalue weighted by Gasteiger charge is -2.29. The lowest BCUT2D eigenvalue weighted by molar-refractivity contribution is 0.363. The van der Waals surface area contributed by atoms with Gasteiger partial charge < -0.3 is 4.90 Å². The molecule has 0 fully saturated rings. The summed E-state index contributed by atoms with van der Waals surface area (Å²) in [7, 11) is 2.01. The number of aliphatic imine (C=N–C) groups is 1. The van der Waals surface area contributed by atoms with E-state index in [4.69, 9.17) is 45.5 Å². The van der Waals surface area contributed by atoms with Crippen molar-refractivity contribution in [3.05, 3.63) is 55.4 Å². The van der Waals surface area contributed by atoms with Gasteiger partial charge in [-0.3, -0.25) is 0 Å². The van der Waals surface area contributed by atoms with Gasteiger partial charge in [-0.2, -0.15) is 5.10 Å². The van der Waals surface area contributed by atoms with Crippen LogP contribution < -0.4 is 0 Å². The fourth-order valence-electron chi connectivity index (χ4n) is 3.41.